The molecule has 3 rings (SSSR count). The summed E-state index contributed by atoms with van der Waals surface area (Å²) in [6, 6.07) is 7.18. The maximum atomic E-state index is 11.9. The van der Waals surface area contributed by atoms with Gasteiger partial charge in [-0.05, 0) is 28.1 Å². The van der Waals surface area contributed by atoms with Gasteiger partial charge in [-0.2, -0.15) is 0 Å². The average molecular weight is 320 g/mol. The Labute approximate surface area is 117 Å². The number of hydrogen-bond donors (Lipinski definition) is 1. The molecular formula is C13H10BrN3O2. The third kappa shape index (κ3) is 2.19. The van der Waals surface area contributed by atoms with E-state index in [9.17, 15) is 9.59 Å². The normalized spacial score (nSPS) is 15.7. The number of pyridine rings is 1. The van der Waals surface area contributed by atoms with Gasteiger partial charge in [0.05, 0.1) is 11.2 Å². The fourth-order valence-corrected chi connectivity index (χ4v) is 2.48. The second-order valence-corrected chi connectivity index (χ2v) is 5.17. The first kappa shape index (κ1) is 12.1. The third-order valence-corrected chi connectivity index (χ3v) is 3.43. The quantitative estimate of drug-likeness (QED) is 0.878. The average Bonchev–Trinajstić information content (AvgIpc) is 2.38. The van der Waals surface area contributed by atoms with Crippen molar-refractivity contribution in [1.82, 2.24) is 10.3 Å². The van der Waals surface area contributed by atoms with Crippen LogP contribution in [0, 0.1) is 0 Å². The lowest BCUT2D eigenvalue weighted by atomic mass is 10.1. The molecule has 1 aromatic carbocycles. The second kappa shape index (κ2) is 4.62. The molecule has 0 unspecified atom stereocenters. The van der Waals surface area contributed by atoms with Crippen LogP contribution in [0.3, 0.4) is 0 Å². The molecule has 3 amide bonds. The number of aromatic nitrogens is 1. The van der Waals surface area contributed by atoms with E-state index in [4.69, 9.17) is 0 Å². The number of amides is 3. The van der Waals surface area contributed by atoms with Crippen molar-refractivity contribution in [2.45, 2.75) is 6.42 Å². The van der Waals surface area contributed by atoms with Crippen LogP contribution in [0.15, 0.2) is 34.9 Å². The second-order valence-electron chi connectivity index (χ2n) is 4.26. The molecule has 0 radical (unpaired) electrons. The van der Waals surface area contributed by atoms with Gasteiger partial charge < -0.3 is 0 Å². The summed E-state index contributed by atoms with van der Waals surface area (Å²) in [5.74, 6) is -0.239. The third-order valence-electron chi connectivity index (χ3n) is 3.00. The number of urea groups is 1. The van der Waals surface area contributed by atoms with Gasteiger partial charge in [-0.25, -0.2) is 4.79 Å². The van der Waals surface area contributed by atoms with E-state index in [0.717, 1.165) is 21.1 Å². The monoisotopic (exact) mass is 319 g/mol. The molecule has 1 fully saturated rings. The maximum absolute atomic E-state index is 11.9. The number of halogens is 1. The number of benzene rings is 1. The molecule has 1 aliphatic heterocycles. The van der Waals surface area contributed by atoms with Crippen LogP contribution in [0.5, 0.6) is 0 Å². The first-order valence-electron chi connectivity index (χ1n) is 5.81. The Morgan fingerprint density at radius 3 is 2.95 bits per heavy atom. The van der Waals surface area contributed by atoms with Gasteiger partial charge in [0.2, 0.25) is 5.91 Å². The van der Waals surface area contributed by atoms with Gasteiger partial charge in [-0.15, -0.1) is 0 Å². The first-order valence-corrected chi connectivity index (χ1v) is 6.60. The van der Waals surface area contributed by atoms with Crippen molar-refractivity contribution in [2.75, 3.05) is 11.4 Å². The SMILES string of the molecule is O=C1CCN(c2cccc3cc(Br)cnc23)C(=O)N1. The van der Waals surface area contributed by atoms with Crippen LogP contribution in [-0.2, 0) is 4.79 Å². The lowest BCUT2D eigenvalue weighted by molar-refractivity contribution is -0.120. The van der Waals surface area contributed by atoms with Crippen molar-refractivity contribution in [2.24, 2.45) is 0 Å². The number of nitrogens with zero attached hydrogens (tertiary/aromatic N) is 2. The molecule has 1 saturated heterocycles. The summed E-state index contributed by atoms with van der Waals surface area (Å²) < 4.78 is 0.885. The smallest absolute Gasteiger partial charge is 0.291 e. The zero-order chi connectivity index (χ0) is 13.4. The molecule has 2 aromatic rings. The van der Waals surface area contributed by atoms with E-state index in [2.05, 4.69) is 26.2 Å². The van der Waals surface area contributed by atoms with E-state index in [1.54, 1.807) is 11.1 Å². The predicted octanol–water partition coefficient (Wildman–Crippen LogP) is 2.44. The highest BCUT2D eigenvalue weighted by atomic mass is 79.9. The van der Waals surface area contributed by atoms with Gasteiger partial charge in [0.1, 0.15) is 0 Å². The molecular weight excluding hydrogens is 310 g/mol. The number of para-hydroxylation sites is 1. The predicted molar refractivity (Wildman–Crippen MR) is 74.9 cm³/mol. The van der Waals surface area contributed by atoms with Crippen LogP contribution < -0.4 is 10.2 Å². The molecule has 6 heteroatoms. The summed E-state index contributed by atoms with van der Waals surface area (Å²) >= 11 is 3.37. The van der Waals surface area contributed by atoms with Crippen molar-refractivity contribution in [1.29, 1.82) is 0 Å². The van der Waals surface area contributed by atoms with Crippen molar-refractivity contribution >= 4 is 44.5 Å². The minimum Gasteiger partial charge on any atom is -0.291 e. The van der Waals surface area contributed by atoms with E-state index >= 15 is 0 Å². The minimum absolute atomic E-state index is 0.239. The summed E-state index contributed by atoms with van der Waals surface area (Å²) in [6.07, 6.45) is 2.00. The molecule has 1 aromatic heterocycles. The van der Waals surface area contributed by atoms with Crippen LogP contribution in [0.4, 0.5) is 10.5 Å². The number of hydrogen-bond acceptors (Lipinski definition) is 3. The topological polar surface area (TPSA) is 62.3 Å². The Morgan fingerprint density at radius 2 is 2.16 bits per heavy atom. The molecule has 0 saturated carbocycles. The van der Waals surface area contributed by atoms with Crippen LogP contribution >= 0.6 is 15.9 Å². The number of fused-ring (bicyclic) bond motifs is 1. The minimum atomic E-state index is -0.395. The van der Waals surface area contributed by atoms with Crippen LogP contribution in [0.2, 0.25) is 0 Å². The summed E-state index contributed by atoms with van der Waals surface area (Å²) in [5, 5.41) is 3.26. The number of anilines is 1. The fraction of sp³-hybridized carbons (Fsp3) is 0.154. The molecule has 2 heterocycles. The molecule has 19 heavy (non-hydrogen) atoms. The number of rotatable bonds is 1. The van der Waals surface area contributed by atoms with Crippen LogP contribution in [-0.4, -0.2) is 23.5 Å². The van der Waals surface area contributed by atoms with E-state index < -0.39 is 6.03 Å². The Balaban J connectivity index is 2.10. The molecule has 0 aliphatic carbocycles. The van der Waals surface area contributed by atoms with Crippen molar-refractivity contribution in [3.05, 3.63) is 34.9 Å². The highest BCUT2D eigenvalue weighted by molar-refractivity contribution is 9.10. The first-order chi connectivity index (χ1) is 9.15. The molecule has 5 nitrogen and oxygen atoms in total. The zero-order valence-electron chi connectivity index (χ0n) is 9.89. The Bertz CT molecular complexity index is 687. The van der Waals surface area contributed by atoms with E-state index in [-0.39, 0.29) is 5.91 Å². The van der Waals surface area contributed by atoms with Crippen molar-refractivity contribution in [3.63, 3.8) is 0 Å². The standard InChI is InChI=1S/C13H10BrN3O2/c14-9-6-8-2-1-3-10(12(8)15-7-9)17-5-4-11(18)16-13(17)19/h1-3,6-7H,4-5H2,(H,16,18,19). The summed E-state index contributed by atoms with van der Waals surface area (Å²) in [7, 11) is 0. The molecule has 0 bridgehead atoms. The summed E-state index contributed by atoms with van der Waals surface area (Å²) in [6.45, 7) is 0.377. The fourth-order valence-electron chi connectivity index (χ4n) is 2.13. The van der Waals surface area contributed by atoms with Gasteiger partial charge >= 0.3 is 6.03 Å². The molecule has 96 valence electrons. The van der Waals surface area contributed by atoms with E-state index in [0.29, 0.717) is 13.0 Å². The Kier molecular flexibility index (Phi) is 2.94. The number of carbonyl (C=O) groups excluding carboxylic acids is 2. The molecule has 1 N–H and O–H groups in total. The molecule has 1 aliphatic rings. The zero-order valence-corrected chi connectivity index (χ0v) is 11.5. The van der Waals surface area contributed by atoms with Gasteiger partial charge in [0.25, 0.3) is 0 Å². The van der Waals surface area contributed by atoms with Gasteiger partial charge in [0, 0.05) is 29.0 Å². The Hall–Kier alpha value is -1.95. The van der Waals surface area contributed by atoms with Gasteiger partial charge in [-0.3, -0.25) is 20.0 Å². The number of imide groups is 1. The van der Waals surface area contributed by atoms with Crippen molar-refractivity contribution in [3.8, 4) is 0 Å². The van der Waals surface area contributed by atoms with E-state index in [1.165, 1.54) is 0 Å². The largest absolute Gasteiger partial charge is 0.328 e. The molecule has 0 atom stereocenters. The molecule has 0 spiro atoms. The Morgan fingerprint density at radius 1 is 1.32 bits per heavy atom. The summed E-state index contributed by atoms with van der Waals surface area (Å²) in [5.41, 5.74) is 1.46. The number of nitrogens with one attached hydrogen (secondary N) is 1. The van der Waals surface area contributed by atoms with Crippen molar-refractivity contribution < 1.29 is 9.59 Å². The van der Waals surface area contributed by atoms with Gasteiger partial charge in [0.15, 0.2) is 0 Å². The van der Waals surface area contributed by atoms with E-state index in [1.807, 2.05) is 24.3 Å². The maximum Gasteiger partial charge on any atom is 0.328 e. The van der Waals surface area contributed by atoms with Gasteiger partial charge in [-0.1, -0.05) is 12.1 Å². The highest BCUT2D eigenvalue weighted by Crippen LogP contribution is 2.27. The highest BCUT2D eigenvalue weighted by Gasteiger charge is 2.25. The number of carbonyl (C=O) groups is 2. The lowest BCUT2D eigenvalue weighted by Crippen LogP contribution is -2.49. The lowest BCUT2D eigenvalue weighted by Gasteiger charge is -2.27. The summed E-state index contributed by atoms with van der Waals surface area (Å²) in [4.78, 5) is 29.0. The van der Waals surface area contributed by atoms with Crippen LogP contribution in [0.1, 0.15) is 6.42 Å². The van der Waals surface area contributed by atoms with Crippen LogP contribution in [0.25, 0.3) is 10.9 Å².